The molecule has 0 saturated heterocycles. The molecule has 0 bridgehead atoms. The number of aliphatic imine (C=N–C) groups is 1. The number of hydrogen-bond donors (Lipinski definition) is 0. The van der Waals surface area contributed by atoms with E-state index in [9.17, 15) is 8.78 Å². The second-order valence-electron chi connectivity index (χ2n) is 8.64. The Hall–Kier alpha value is -3.36. The summed E-state index contributed by atoms with van der Waals surface area (Å²) in [4.78, 5) is 8.78. The van der Waals surface area contributed by atoms with E-state index in [0.717, 1.165) is 42.7 Å². The van der Waals surface area contributed by atoms with Gasteiger partial charge in [0, 0.05) is 24.4 Å². The number of ether oxygens (including phenoxy) is 1. The number of rotatable bonds is 8. The van der Waals surface area contributed by atoms with Gasteiger partial charge < -0.3 is 9.26 Å². The van der Waals surface area contributed by atoms with Crippen molar-refractivity contribution < 1.29 is 18.0 Å². The molecule has 7 nitrogen and oxygen atoms in total. The van der Waals surface area contributed by atoms with Gasteiger partial charge in [-0.1, -0.05) is 18.7 Å². The number of alkyl halides is 1. The molecule has 0 spiro atoms. The third-order valence-electron chi connectivity index (χ3n) is 6.06. The molecule has 0 amide bonds. The van der Waals surface area contributed by atoms with Crippen LogP contribution in [0.4, 0.5) is 8.78 Å². The highest BCUT2D eigenvalue weighted by atomic mass is 19.1. The first-order chi connectivity index (χ1) is 16.3. The molecular weight excluding hydrogens is 440 g/mol. The summed E-state index contributed by atoms with van der Waals surface area (Å²) in [6, 6.07) is 5.91. The van der Waals surface area contributed by atoms with Crippen molar-refractivity contribution in [3.63, 3.8) is 0 Å². The number of nitrogens with zero attached hydrogens (tertiary/aromatic N) is 5. The van der Waals surface area contributed by atoms with Gasteiger partial charge in [0.25, 0.3) is 0 Å². The van der Waals surface area contributed by atoms with Gasteiger partial charge in [-0.25, -0.2) is 13.8 Å². The Bertz CT molecular complexity index is 1120. The molecule has 0 atom stereocenters. The molecule has 2 heterocycles. The van der Waals surface area contributed by atoms with E-state index in [1.807, 2.05) is 6.92 Å². The van der Waals surface area contributed by atoms with Crippen LogP contribution < -0.4 is 0 Å². The van der Waals surface area contributed by atoms with Crippen molar-refractivity contribution >= 4 is 11.6 Å². The zero-order valence-electron chi connectivity index (χ0n) is 19.6. The van der Waals surface area contributed by atoms with Gasteiger partial charge in [0.2, 0.25) is 11.7 Å². The number of hydrogen-bond acceptors (Lipinski definition) is 7. The number of hydrazone groups is 1. The van der Waals surface area contributed by atoms with E-state index in [-0.39, 0.29) is 19.0 Å². The van der Waals surface area contributed by atoms with Gasteiger partial charge in [-0.2, -0.15) is 10.1 Å². The molecule has 1 aromatic heterocycles. The summed E-state index contributed by atoms with van der Waals surface area (Å²) >= 11 is 0. The summed E-state index contributed by atoms with van der Waals surface area (Å²) in [7, 11) is 0. The van der Waals surface area contributed by atoms with Crippen LogP contribution in [0.25, 0.3) is 11.4 Å². The Labute approximate surface area is 197 Å². The molecule has 4 rings (SSSR count). The lowest BCUT2D eigenvalue weighted by molar-refractivity contribution is 0.00758. The fourth-order valence-corrected chi connectivity index (χ4v) is 3.71. The number of aromatic nitrogens is 2. The van der Waals surface area contributed by atoms with Crippen LogP contribution in [0.1, 0.15) is 58.3 Å². The minimum atomic E-state index is -1.20. The second-order valence-corrected chi connectivity index (χ2v) is 8.64. The van der Waals surface area contributed by atoms with Crippen LogP contribution >= 0.6 is 0 Å². The van der Waals surface area contributed by atoms with Gasteiger partial charge in [-0.15, -0.1) is 0 Å². The quantitative estimate of drug-likeness (QED) is 0.352. The normalized spacial score (nSPS) is 18.5. The molecule has 2 aliphatic rings. The number of benzene rings is 1. The zero-order chi connectivity index (χ0) is 24.1. The maximum absolute atomic E-state index is 14.1. The molecule has 0 unspecified atom stereocenters. The highest BCUT2D eigenvalue weighted by Crippen LogP contribution is 2.35. The summed E-state index contributed by atoms with van der Waals surface area (Å²) in [5.74, 6) is 0.880. The molecule has 180 valence electrons. The Morgan fingerprint density at radius 1 is 1.29 bits per heavy atom. The van der Waals surface area contributed by atoms with E-state index in [1.54, 1.807) is 30.3 Å². The maximum atomic E-state index is 14.1. The molecule has 34 heavy (non-hydrogen) atoms. The molecular formula is C25H29F2N5O2. The Morgan fingerprint density at radius 2 is 2.06 bits per heavy atom. The smallest absolute Gasteiger partial charge is 0.248 e. The minimum absolute atomic E-state index is 0.0519. The summed E-state index contributed by atoms with van der Waals surface area (Å²) in [5, 5.41) is 10.5. The molecule has 1 fully saturated rings. The fourth-order valence-electron chi connectivity index (χ4n) is 3.71. The van der Waals surface area contributed by atoms with Gasteiger partial charge in [0.15, 0.2) is 5.90 Å². The van der Waals surface area contributed by atoms with Crippen molar-refractivity contribution in [1.82, 2.24) is 15.1 Å². The topological polar surface area (TPSA) is 76.1 Å². The van der Waals surface area contributed by atoms with Crippen LogP contribution in [0.3, 0.4) is 0 Å². The third kappa shape index (κ3) is 5.76. The van der Waals surface area contributed by atoms with Crippen LogP contribution in [-0.2, 0) is 11.3 Å². The Morgan fingerprint density at radius 3 is 2.74 bits per heavy atom. The standard InChI is InChI=1S/C25H29F2N5O2/c1-4-19(14-28-18(3)33-16-25(27)12-5-13-25)22-11-6-17(2)32(30-22)15-23-29-24(31-34-23)20-7-9-21(26)10-8-20/h7-10,14H,2,4-6,11-13,15-16H2,1,3H3/b19-14+,28-18?. The Balaban J connectivity index is 1.43. The van der Waals surface area contributed by atoms with E-state index in [4.69, 9.17) is 14.4 Å². The predicted molar refractivity (Wildman–Crippen MR) is 126 cm³/mol. The highest BCUT2D eigenvalue weighted by molar-refractivity contribution is 6.00. The fraction of sp³-hybridized carbons (Fsp3) is 0.440. The van der Waals surface area contributed by atoms with Crippen LogP contribution in [-0.4, -0.2) is 39.0 Å². The summed E-state index contributed by atoms with van der Waals surface area (Å²) in [6.07, 6.45) is 5.97. The first-order valence-corrected chi connectivity index (χ1v) is 11.5. The lowest BCUT2D eigenvalue weighted by Crippen LogP contribution is -2.37. The van der Waals surface area contributed by atoms with Crippen LogP contribution in [0, 0.1) is 5.82 Å². The number of halogens is 2. The van der Waals surface area contributed by atoms with Crippen molar-refractivity contribution in [2.45, 2.75) is 64.6 Å². The molecule has 1 aromatic carbocycles. The molecule has 0 N–H and O–H groups in total. The van der Waals surface area contributed by atoms with E-state index in [2.05, 4.69) is 21.7 Å². The van der Waals surface area contributed by atoms with Crippen molar-refractivity contribution in [2.75, 3.05) is 6.61 Å². The van der Waals surface area contributed by atoms with E-state index >= 15 is 0 Å². The van der Waals surface area contributed by atoms with E-state index in [0.29, 0.717) is 36.0 Å². The van der Waals surface area contributed by atoms with Crippen molar-refractivity contribution in [3.8, 4) is 11.4 Å². The first kappa shape index (κ1) is 23.8. The lowest BCUT2D eigenvalue weighted by Gasteiger charge is -2.33. The monoisotopic (exact) mass is 469 g/mol. The van der Waals surface area contributed by atoms with Gasteiger partial charge in [-0.3, -0.25) is 5.01 Å². The van der Waals surface area contributed by atoms with E-state index in [1.165, 1.54) is 12.1 Å². The summed E-state index contributed by atoms with van der Waals surface area (Å²) in [6.45, 7) is 8.20. The van der Waals surface area contributed by atoms with Gasteiger partial charge >= 0.3 is 0 Å². The molecule has 9 heteroatoms. The van der Waals surface area contributed by atoms with Gasteiger partial charge in [0.1, 0.15) is 24.6 Å². The van der Waals surface area contributed by atoms with Crippen molar-refractivity contribution in [1.29, 1.82) is 0 Å². The lowest BCUT2D eigenvalue weighted by atomic mass is 9.83. The largest absolute Gasteiger partial charge is 0.478 e. The summed E-state index contributed by atoms with van der Waals surface area (Å²) < 4.78 is 38.2. The molecule has 1 aliphatic carbocycles. The summed E-state index contributed by atoms with van der Waals surface area (Å²) in [5.41, 5.74) is 2.17. The van der Waals surface area contributed by atoms with Crippen molar-refractivity contribution in [3.05, 3.63) is 60.0 Å². The molecule has 1 aliphatic heterocycles. The third-order valence-corrected chi connectivity index (χ3v) is 6.06. The predicted octanol–water partition coefficient (Wildman–Crippen LogP) is 5.96. The molecule has 0 radical (unpaired) electrons. The zero-order valence-corrected chi connectivity index (χ0v) is 19.6. The maximum Gasteiger partial charge on any atom is 0.248 e. The second kappa shape index (κ2) is 10.3. The average Bonchev–Trinajstić information content (AvgIpc) is 3.27. The van der Waals surface area contributed by atoms with Crippen molar-refractivity contribution in [2.24, 2.45) is 10.1 Å². The molecule has 2 aromatic rings. The van der Waals surface area contributed by atoms with Crippen LogP contribution in [0.15, 0.2) is 62.9 Å². The first-order valence-electron chi connectivity index (χ1n) is 11.5. The SMILES string of the molecule is C=C1CCC(/C(=C/N=C(C)OCC2(F)CCC2)CC)=NN1Cc1nc(-c2ccc(F)cc2)no1. The van der Waals surface area contributed by atoms with E-state index < -0.39 is 5.67 Å². The van der Waals surface area contributed by atoms with Gasteiger partial charge in [0.05, 0.1) is 5.71 Å². The van der Waals surface area contributed by atoms with Crippen LogP contribution in [0.2, 0.25) is 0 Å². The molecule has 1 saturated carbocycles. The number of allylic oxidation sites excluding steroid dienone is 2. The van der Waals surface area contributed by atoms with Gasteiger partial charge in [-0.05, 0) is 68.4 Å². The van der Waals surface area contributed by atoms with Crippen LogP contribution in [0.5, 0.6) is 0 Å². The Kier molecular flexibility index (Phi) is 7.19. The highest BCUT2D eigenvalue weighted by Gasteiger charge is 2.37. The average molecular weight is 470 g/mol. The minimum Gasteiger partial charge on any atom is -0.478 e.